The molecule has 3 N–H and O–H groups in total. The summed E-state index contributed by atoms with van der Waals surface area (Å²) in [5, 5.41) is 17.8. The lowest BCUT2D eigenvalue weighted by Crippen LogP contribution is -2.50. The number of nitrogens with one attached hydrogen (secondary N) is 3. The van der Waals surface area contributed by atoms with Crippen molar-refractivity contribution < 1.29 is 9.59 Å². The third kappa shape index (κ3) is 4.72. The largest absolute Gasteiger partial charge is 0.376 e. The molecule has 1 saturated carbocycles. The van der Waals surface area contributed by atoms with Crippen molar-refractivity contribution in [3.63, 3.8) is 0 Å². The van der Waals surface area contributed by atoms with E-state index in [1.54, 1.807) is 19.1 Å². The highest BCUT2D eigenvalue weighted by atomic mass is 16.2. The third-order valence-corrected chi connectivity index (χ3v) is 4.34. The summed E-state index contributed by atoms with van der Waals surface area (Å²) in [6.45, 7) is 5.59. The second-order valence-corrected chi connectivity index (χ2v) is 6.71. The second-order valence-electron chi connectivity index (χ2n) is 6.71. The maximum absolute atomic E-state index is 12.0. The predicted molar refractivity (Wildman–Crippen MR) is 93.3 cm³/mol. The van der Waals surface area contributed by atoms with Crippen molar-refractivity contribution in [3.8, 4) is 6.07 Å². The van der Waals surface area contributed by atoms with E-state index >= 15 is 0 Å². The summed E-state index contributed by atoms with van der Waals surface area (Å²) in [6.07, 6.45) is 1.94. The SMILES string of the molecule is CC(C)C(C)(C#N)NC(=O)CNc1ccc(NC(=O)C2CC2)cc1. The van der Waals surface area contributed by atoms with Crippen LogP contribution in [0.4, 0.5) is 11.4 Å². The molecular weight excluding hydrogens is 304 g/mol. The Morgan fingerprint density at radius 1 is 1.25 bits per heavy atom. The van der Waals surface area contributed by atoms with Crippen molar-refractivity contribution in [2.75, 3.05) is 17.2 Å². The van der Waals surface area contributed by atoms with E-state index in [9.17, 15) is 14.9 Å². The van der Waals surface area contributed by atoms with Gasteiger partial charge in [-0.1, -0.05) is 13.8 Å². The van der Waals surface area contributed by atoms with Crippen LogP contribution in [-0.4, -0.2) is 23.9 Å². The van der Waals surface area contributed by atoms with E-state index in [2.05, 4.69) is 22.0 Å². The fourth-order valence-corrected chi connectivity index (χ4v) is 2.08. The molecule has 1 aromatic carbocycles. The fraction of sp³-hybridized carbons (Fsp3) is 0.500. The zero-order valence-corrected chi connectivity index (χ0v) is 14.3. The van der Waals surface area contributed by atoms with Gasteiger partial charge in [0.05, 0.1) is 12.6 Å². The maximum Gasteiger partial charge on any atom is 0.240 e. The Morgan fingerprint density at radius 3 is 2.33 bits per heavy atom. The van der Waals surface area contributed by atoms with Crippen LogP contribution < -0.4 is 16.0 Å². The zero-order chi connectivity index (χ0) is 17.7. The molecule has 128 valence electrons. The first kappa shape index (κ1) is 17.8. The van der Waals surface area contributed by atoms with Crippen molar-refractivity contribution in [2.24, 2.45) is 11.8 Å². The quantitative estimate of drug-likeness (QED) is 0.717. The number of benzene rings is 1. The summed E-state index contributed by atoms with van der Waals surface area (Å²) in [7, 11) is 0. The number of hydrogen-bond donors (Lipinski definition) is 3. The van der Waals surface area contributed by atoms with Crippen LogP contribution in [0.1, 0.15) is 33.6 Å². The minimum Gasteiger partial charge on any atom is -0.376 e. The number of nitriles is 1. The van der Waals surface area contributed by atoms with Gasteiger partial charge in [0.1, 0.15) is 5.54 Å². The lowest BCUT2D eigenvalue weighted by Gasteiger charge is -2.27. The molecule has 24 heavy (non-hydrogen) atoms. The molecule has 6 nitrogen and oxygen atoms in total. The zero-order valence-electron chi connectivity index (χ0n) is 14.3. The van der Waals surface area contributed by atoms with Crippen LogP contribution >= 0.6 is 0 Å². The number of carbonyl (C=O) groups is 2. The molecule has 1 fully saturated rings. The number of hydrogen-bond acceptors (Lipinski definition) is 4. The lowest BCUT2D eigenvalue weighted by molar-refractivity contribution is -0.121. The average molecular weight is 328 g/mol. The minimum atomic E-state index is -0.879. The van der Waals surface area contributed by atoms with Crippen molar-refractivity contribution in [1.82, 2.24) is 5.32 Å². The van der Waals surface area contributed by atoms with Crippen molar-refractivity contribution in [2.45, 2.75) is 39.2 Å². The molecule has 1 aliphatic carbocycles. The van der Waals surface area contributed by atoms with Gasteiger partial charge in [-0.2, -0.15) is 5.26 Å². The van der Waals surface area contributed by atoms with E-state index in [4.69, 9.17) is 0 Å². The van der Waals surface area contributed by atoms with E-state index < -0.39 is 5.54 Å². The van der Waals surface area contributed by atoms with Crippen molar-refractivity contribution in [1.29, 1.82) is 5.26 Å². The van der Waals surface area contributed by atoms with Crippen molar-refractivity contribution in [3.05, 3.63) is 24.3 Å². The molecule has 0 bridgehead atoms. The lowest BCUT2D eigenvalue weighted by atomic mass is 9.90. The number of rotatable bonds is 7. The topological polar surface area (TPSA) is 94.0 Å². The molecule has 1 unspecified atom stereocenters. The summed E-state index contributed by atoms with van der Waals surface area (Å²) in [4.78, 5) is 23.7. The Hall–Kier alpha value is -2.55. The van der Waals surface area contributed by atoms with Crippen molar-refractivity contribution >= 4 is 23.2 Å². The first-order valence-corrected chi connectivity index (χ1v) is 8.21. The Kier molecular flexibility index (Phi) is 5.45. The molecule has 0 aromatic heterocycles. The average Bonchev–Trinajstić information content (AvgIpc) is 3.39. The third-order valence-electron chi connectivity index (χ3n) is 4.34. The predicted octanol–water partition coefficient (Wildman–Crippen LogP) is 2.50. The molecular formula is C18H24N4O2. The molecule has 0 saturated heterocycles. The summed E-state index contributed by atoms with van der Waals surface area (Å²) in [6, 6.07) is 9.36. The highest BCUT2D eigenvalue weighted by molar-refractivity contribution is 5.94. The number of carbonyl (C=O) groups excluding carboxylic acids is 2. The summed E-state index contributed by atoms with van der Waals surface area (Å²) in [5.74, 6) is 0.0149. The van der Waals surface area contributed by atoms with Crippen LogP contribution in [0.2, 0.25) is 0 Å². The van der Waals surface area contributed by atoms with Gasteiger partial charge in [0.2, 0.25) is 11.8 Å². The van der Waals surface area contributed by atoms with E-state index in [-0.39, 0.29) is 30.2 Å². The molecule has 1 aliphatic rings. The van der Waals surface area contributed by atoms with Gasteiger partial charge in [-0.05, 0) is 49.9 Å². The van der Waals surface area contributed by atoms with Crippen LogP contribution in [0, 0.1) is 23.2 Å². The highest BCUT2D eigenvalue weighted by Gasteiger charge is 2.30. The van der Waals surface area contributed by atoms with E-state index in [1.807, 2.05) is 26.0 Å². The van der Waals surface area contributed by atoms with Gasteiger partial charge in [0, 0.05) is 17.3 Å². The molecule has 6 heteroatoms. The van der Waals surface area contributed by atoms with Gasteiger partial charge in [0.15, 0.2) is 0 Å². The van der Waals surface area contributed by atoms with Gasteiger partial charge in [-0.3, -0.25) is 9.59 Å². The molecule has 0 spiro atoms. The molecule has 0 radical (unpaired) electrons. The van der Waals surface area contributed by atoms with Gasteiger partial charge in [0.25, 0.3) is 0 Å². The Balaban J connectivity index is 1.82. The fourth-order valence-electron chi connectivity index (χ4n) is 2.08. The molecule has 0 aliphatic heterocycles. The van der Waals surface area contributed by atoms with Crippen LogP contribution in [0.25, 0.3) is 0 Å². The van der Waals surface area contributed by atoms with Crippen LogP contribution in [-0.2, 0) is 9.59 Å². The van der Waals surface area contributed by atoms with E-state index in [0.29, 0.717) is 0 Å². The van der Waals surface area contributed by atoms with Gasteiger partial charge >= 0.3 is 0 Å². The monoisotopic (exact) mass is 328 g/mol. The smallest absolute Gasteiger partial charge is 0.240 e. The molecule has 1 aromatic rings. The first-order valence-electron chi connectivity index (χ1n) is 8.21. The van der Waals surface area contributed by atoms with E-state index in [0.717, 1.165) is 24.2 Å². The van der Waals surface area contributed by atoms with Gasteiger partial charge in [-0.25, -0.2) is 0 Å². The van der Waals surface area contributed by atoms with E-state index in [1.165, 1.54) is 0 Å². The Labute approximate surface area is 142 Å². The van der Waals surface area contributed by atoms with Crippen LogP contribution in [0.15, 0.2) is 24.3 Å². The molecule has 2 amide bonds. The molecule has 0 heterocycles. The molecule has 2 rings (SSSR count). The Bertz CT molecular complexity index is 644. The second kappa shape index (κ2) is 7.35. The highest BCUT2D eigenvalue weighted by Crippen LogP contribution is 2.30. The number of anilines is 2. The van der Waals surface area contributed by atoms with Crippen LogP contribution in [0.3, 0.4) is 0 Å². The number of amides is 2. The standard InChI is InChI=1S/C18H24N4O2/c1-12(2)18(3,11-19)22-16(23)10-20-14-6-8-15(9-7-14)21-17(24)13-4-5-13/h6-9,12-13,20H,4-5,10H2,1-3H3,(H,21,24)(H,22,23). The summed E-state index contributed by atoms with van der Waals surface area (Å²) in [5.41, 5.74) is 0.645. The molecule has 1 atom stereocenters. The summed E-state index contributed by atoms with van der Waals surface area (Å²) < 4.78 is 0. The van der Waals surface area contributed by atoms with Gasteiger partial charge in [-0.15, -0.1) is 0 Å². The van der Waals surface area contributed by atoms with Crippen LogP contribution in [0.5, 0.6) is 0 Å². The minimum absolute atomic E-state index is 0.0146. The maximum atomic E-state index is 12.0. The van der Waals surface area contributed by atoms with Gasteiger partial charge < -0.3 is 16.0 Å². The summed E-state index contributed by atoms with van der Waals surface area (Å²) >= 11 is 0. The normalized spacial score (nSPS) is 16.0. The first-order chi connectivity index (χ1) is 11.3. The number of nitrogens with zero attached hydrogens (tertiary/aromatic N) is 1. The Morgan fingerprint density at radius 2 is 1.83 bits per heavy atom.